The fourth-order valence-corrected chi connectivity index (χ4v) is 2.99. The molecule has 27 heavy (non-hydrogen) atoms. The van der Waals surface area contributed by atoms with Gasteiger partial charge in [-0.05, 0) is 18.6 Å². The molecule has 0 bridgehead atoms. The first kappa shape index (κ1) is 17.0. The summed E-state index contributed by atoms with van der Waals surface area (Å²) in [6.07, 6.45) is 6.45. The molecule has 0 aromatic carbocycles. The molecule has 8 nitrogen and oxygen atoms in total. The summed E-state index contributed by atoms with van der Waals surface area (Å²) in [4.78, 5) is 14.9. The van der Waals surface area contributed by atoms with Crippen molar-refractivity contribution in [3.63, 3.8) is 0 Å². The van der Waals surface area contributed by atoms with Gasteiger partial charge in [-0.2, -0.15) is 20.3 Å². The topological polar surface area (TPSA) is 92.8 Å². The van der Waals surface area contributed by atoms with E-state index in [1.165, 1.54) is 0 Å². The summed E-state index contributed by atoms with van der Waals surface area (Å²) in [5.41, 5.74) is 2.22. The molecule has 1 aliphatic rings. The van der Waals surface area contributed by atoms with Gasteiger partial charge in [0.05, 0.1) is 18.5 Å². The highest BCUT2D eigenvalue weighted by Crippen LogP contribution is 2.46. The first-order chi connectivity index (χ1) is 13.1. The highest BCUT2D eigenvalue weighted by Gasteiger charge is 2.40. The van der Waals surface area contributed by atoms with Gasteiger partial charge < -0.3 is 9.64 Å². The molecule has 0 amide bonds. The Morgan fingerprint density at radius 2 is 2.26 bits per heavy atom. The lowest BCUT2D eigenvalue weighted by molar-refractivity contribution is 0.273. The van der Waals surface area contributed by atoms with Gasteiger partial charge in [-0.15, -0.1) is 0 Å². The van der Waals surface area contributed by atoms with Crippen LogP contribution in [-0.2, 0) is 7.05 Å². The molecule has 0 N–H and O–H groups in total. The number of ether oxygens (including phenoxy) is 1. The first-order valence-electron chi connectivity index (χ1n) is 8.69. The van der Waals surface area contributed by atoms with E-state index >= 15 is 0 Å². The SMILES string of the molecule is CN(c1cnn(C)c1)c1cc(C#N)nc(OCC2CC2c2ccccn2)n1. The predicted octanol–water partition coefficient (Wildman–Crippen LogP) is 2.43. The van der Waals surface area contributed by atoms with Gasteiger partial charge in [-0.1, -0.05) is 6.07 Å². The van der Waals surface area contributed by atoms with Crippen LogP contribution < -0.4 is 9.64 Å². The quantitative estimate of drug-likeness (QED) is 0.665. The zero-order valence-electron chi connectivity index (χ0n) is 15.1. The number of pyridine rings is 1. The van der Waals surface area contributed by atoms with E-state index in [4.69, 9.17) is 4.74 Å². The zero-order chi connectivity index (χ0) is 18.8. The zero-order valence-corrected chi connectivity index (χ0v) is 15.1. The fraction of sp³-hybridized carbons (Fsp3) is 0.316. The van der Waals surface area contributed by atoms with Gasteiger partial charge in [-0.25, -0.2) is 0 Å². The monoisotopic (exact) mass is 361 g/mol. The molecular formula is C19H19N7O. The van der Waals surface area contributed by atoms with Gasteiger partial charge >= 0.3 is 6.01 Å². The van der Waals surface area contributed by atoms with Crippen LogP contribution >= 0.6 is 0 Å². The normalized spacial score (nSPS) is 18.0. The molecule has 3 aromatic heterocycles. The lowest BCUT2D eigenvalue weighted by Gasteiger charge is -2.16. The van der Waals surface area contributed by atoms with Gasteiger partial charge in [0.15, 0.2) is 0 Å². The molecule has 0 saturated heterocycles. The van der Waals surface area contributed by atoms with Crippen molar-refractivity contribution in [2.75, 3.05) is 18.6 Å². The van der Waals surface area contributed by atoms with Crippen LogP contribution in [0.4, 0.5) is 11.5 Å². The third-order valence-corrected chi connectivity index (χ3v) is 4.65. The Morgan fingerprint density at radius 3 is 2.96 bits per heavy atom. The molecule has 0 radical (unpaired) electrons. The minimum atomic E-state index is 0.214. The fourth-order valence-electron chi connectivity index (χ4n) is 2.99. The van der Waals surface area contributed by atoms with Crippen molar-refractivity contribution in [1.29, 1.82) is 5.26 Å². The Labute approximate surface area is 157 Å². The minimum Gasteiger partial charge on any atom is -0.463 e. The second-order valence-electron chi connectivity index (χ2n) is 6.60. The van der Waals surface area contributed by atoms with Crippen molar-refractivity contribution < 1.29 is 4.74 Å². The third kappa shape index (κ3) is 3.72. The van der Waals surface area contributed by atoms with Gasteiger partial charge in [0.25, 0.3) is 0 Å². The summed E-state index contributed by atoms with van der Waals surface area (Å²) >= 11 is 0. The van der Waals surface area contributed by atoms with Crippen LogP contribution in [0.2, 0.25) is 0 Å². The molecule has 1 fully saturated rings. The Bertz CT molecular complexity index is 979. The summed E-state index contributed by atoms with van der Waals surface area (Å²) in [5.74, 6) is 1.40. The first-order valence-corrected chi connectivity index (χ1v) is 8.69. The van der Waals surface area contributed by atoms with Crippen LogP contribution in [0.25, 0.3) is 0 Å². The van der Waals surface area contributed by atoms with Gasteiger partial charge in [0, 0.05) is 50.1 Å². The number of nitriles is 1. The van der Waals surface area contributed by atoms with E-state index in [1.807, 2.05) is 49.6 Å². The maximum Gasteiger partial charge on any atom is 0.319 e. The molecule has 1 aliphatic carbocycles. The molecule has 3 aromatic rings. The number of hydrogen-bond acceptors (Lipinski definition) is 7. The minimum absolute atomic E-state index is 0.214. The maximum atomic E-state index is 9.28. The van der Waals surface area contributed by atoms with Crippen LogP contribution in [0.1, 0.15) is 23.7 Å². The van der Waals surface area contributed by atoms with Gasteiger partial charge in [-0.3, -0.25) is 9.67 Å². The Balaban J connectivity index is 1.46. The highest BCUT2D eigenvalue weighted by atomic mass is 16.5. The summed E-state index contributed by atoms with van der Waals surface area (Å²) in [6.45, 7) is 0.506. The van der Waals surface area contributed by atoms with Crippen LogP contribution in [-0.4, -0.2) is 38.4 Å². The van der Waals surface area contributed by atoms with E-state index in [0.29, 0.717) is 24.3 Å². The predicted molar refractivity (Wildman–Crippen MR) is 98.6 cm³/mol. The number of nitrogens with zero attached hydrogens (tertiary/aromatic N) is 7. The highest BCUT2D eigenvalue weighted by molar-refractivity contribution is 5.58. The van der Waals surface area contributed by atoms with Crippen molar-refractivity contribution in [3.05, 3.63) is 54.2 Å². The number of rotatable bonds is 6. The van der Waals surface area contributed by atoms with Crippen LogP contribution in [0.5, 0.6) is 6.01 Å². The van der Waals surface area contributed by atoms with Crippen molar-refractivity contribution in [3.8, 4) is 12.1 Å². The van der Waals surface area contributed by atoms with Crippen molar-refractivity contribution in [1.82, 2.24) is 24.7 Å². The summed E-state index contributed by atoms with van der Waals surface area (Å²) < 4.78 is 7.52. The van der Waals surface area contributed by atoms with E-state index in [-0.39, 0.29) is 11.7 Å². The number of aromatic nitrogens is 5. The lowest BCUT2D eigenvalue weighted by atomic mass is 10.2. The standard InChI is InChI=1S/C19H19N7O/c1-25-11-15(10-22-25)26(2)18-8-14(9-20)23-19(24-18)27-12-13-7-16(13)17-5-3-4-6-21-17/h3-6,8,10-11,13,16H,7,12H2,1-2H3. The van der Waals surface area contributed by atoms with Crippen molar-refractivity contribution in [2.45, 2.75) is 12.3 Å². The number of aryl methyl sites for hydroxylation is 1. The number of anilines is 2. The van der Waals surface area contributed by atoms with Crippen molar-refractivity contribution in [2.24, 2.45) is 13.0 Å². The molecule has 2 unspecified atom stereocenters. The summed E-state index contributed by atoms with van der Waals surface area (Å²) in [5, 5.41) is 13.4. The van der Waals surface area contributed by atoms with Gasteiger partial charge in [0.2, 0.25) is 0 Å². The van der Waals surface area contributed by atoms with Gasteiger partial charge in [0.1, 0.15) is 17.6 Å². The molecular weight excluding hydrogens is 342 g/mol. The maximum absolute atomic E-state index is 9.28. The average molecular weight is 361 g/mol. The van der Waals surface area contributed by atoms with Crippen LogP contribution in [0.3, 0.4) is 0 Å². The van der Waals surface area contributed by atoms with Crippen LogP contribution in [0, 0.1) is 17.2 Å². The molecule has 8 heteroatoms. The van der Waals surface area contributed by atoms with E-state index in [1.54, 1.807) is 16.9 Å². The molecule has 0 aliphatic heterocycles. The molecule has 3 heterocycles. The molecule has 2 atom stereocenters. The summed E-state index contributed by atoms with van der Waals surface area (Å²) in [6, 6.07) is 9.87. The third-order valence-electron chi connectivity index (χ3n) is 4.65. The Morgan fingerprint density at radius 1 is 1.37 bits per heavy atom. The molecule has 4 rings (SSSR count). The number of hydrogen-bond donors (Lipinski definition) is 0. The van der Waals surface area contributed by atoms with E-state index < -0.39 is 0 Å². The summed E-state index contributed by atoms with van der Waals surface area (Å²) in [7, 11) is 3.71. The Hall–Kier alpha value is -3.47. The van der Waals surface area contributed by atoms with Crippen LogP contribution in [0.15, 0.2) is 42.9 Å². The molecule has 1 saturated carbocycles. The Kier molecular flexibility index (Phi) is 4.42. The second kappa shape index (κ2) is 7.03. The largest absolute Gasteiger partial charge is 0.463 e. The lowest BCUT2D eigenvalue weighted by Crippen LogP contribution is -2.13. The molecule has 136 valence electrons. The van der Waals surface area contributed by atoms with E-state index in [9.17, 15) is 5.26 Å². The second-order valence-corrected chi connectivity index (χ2v) is 6.60. The van der Waals surface area contributed by atoms with E-state index in [0.717, 1.165) is 17.8 Å². The molecule has 0 spiro atoms. The smallest absolute Gasteiger partial charge is 0.319 e. The average Bonchev–Trinajstić information content (AvgIpc) is 3.37. The van der Waals surface area contributed by atoms with Crippen molar-refractivity contribution >= 4 is 11.5 Å². The van der Waals surface area contributed by atoms with E-state index in [2.05, 4.69) is 26.1 Å².